The maximum absolute atomic E-state index is 10.8. The summed E-state index contributed by atoms with van der Waals surface area (Å²) in [6.45, 7) is 3.61. The predicted molar refractivity (Wildman–Crippen MR) is 42.8 cm³/mol. The van der Waals surface area contributed by atoms with Crippen LogP contribution in [0.15, 0.2) is 0 Å². The molecule has 0 aromatic carbocycles. The zero-order valence-corrected chi connectivity index (χ0v) is 8.17. The summed E-state index contributed by atoms with van der Waals surface area (Å²) < 4.78 is 15.3. The monoisotopic (exact) mass is 196 g/mol. The van der Waals surface area contributed by atoms with E-state index >= 15 is 0 Å². The fourth-order valence-corrected chi connectivity index (χ4v) is 0.595. The van der Waals surface area contributed by atoms with Gasteiger partial charge >= 0.3 is 13.6 Å². The summed E-state index contributed by atoms with van der Waals surface area (Å²) in [6.07, 6.45) is 0. The first kappa shape index (κ1) is 11.6. The second-order valence-electron chi connectivity index (χ2n) is 3.14. The van der Waals surface area contributed by atoms with E-state index in [2.05, 4.69) is 4.74 Å². The Morgan fingerprint density at radius 3 is 2.17 bits per heavy atom. The van der Waals surface area contributed by atoms with Crippen molar-refractivity contribution in [2.24, 2.45) is 0 Å². The van der Waals surface area contributed by atoms with Crippen molar-refractivity contribution in [3.63, 3.8) is 0 Å². The Balaban J connectivity index is 4.24. The smallest absolute Gasteiger partial charge is 0.334 e. The molecule has 0 unspecified atom stereocenters. The molecule has 2 N–H and O–H groups in total. The third kappa shape index (κ3) is 3.34. The Kier molecular flexibility index (Phi) is 3.45. The summed E-state index contributed by atoms with van der Waals surface area (Å²) in [6, 6.07) is 0. The molecule has 6 heteroatoms. The maximum Gasteiger partial charge on any atom is 0.334 e. The van der Waals surface area contributed by atoms with Gasteiger partial charge in [-0.3, -0.25) is 9.36 Å². The third-order valence-electron chi connectivity index (χ3n) is 1.42. The minimum absolute atomic E-state index is 0.271. The van der Waals surface area contributed by atoms with Crippen LogP contribution in [0.25, 0.3) is 0 Å². The van der Waals surface area contributed by atoms with Crippen molar-refractivity contribution in [1.82, 2.24) is 0 Å². The van der Waals surface area contributed by atoms with Gasteiger partial charge in [-0.1, -0.05) is 0 Å². The van der Waals surface area contributed by atoms with E-state index in [1.54, 1.807) is 0 Å². The molecule has 12 heavy (non-hydrogen) atoms. The first-order valence-corrected chi connectivity index (χ1v) is 4.97. The minimum Gasteiger partial charge on any atom is -0.465 e. The SMILES string of the molecule is CC(=O)OCC(C)(C)P(=O)(O)O. The van der Waals surface area contributed by atoms with Crippen LogP contribution in [0.1, 0.15) is 20.8 Å². The largest absolute Gasteiger partial charge is 0.465 e. The second kappa shape index (κ2) is 3.56. The Hall–Kier alpha value is -0.380. The summed E-state index contributed by atoms with van der Waals surface area (Å²) in [5.41, 5.74) is 0. The molecule has 0 heterocycles. The molecule has 0 amide bonds. The molecule has 0 atom stereocenters. The quantitative estimate of drug-likeness (QED) is 0.507. The zero-order chi connectivity index (χ0) is 9.99. The van der Waals surface area contributed by atoms with E-state index in [1.807, 2.05) is 0 Å². The van der Waals surface area contributed by atoms with Crippen LogP contribution < -0.4 is 0 Å². The van der Waals surface area contributed by atoms with Crippen molar-refractivity contribution in [1.29, 1.82) is 0 Å². The summed E-state index contributed by atoms with van der Waals surface area (Å²) in [4.78, 5) is 27.9. The van der Waals surface area contributed by atoms with E-state index < -0.39 is 18.7 Å². The van der Waals surface area contributed by atoms with E-state index in [0.717, 1.165) is 0 Å². The van der Waals surface area contributed by atoms with Crippen LogP contribution >= 0.6 is 7.60 Å². The molecular formula is C6H13O5P. The number of hydrogen-bond acceptors (Lipinski definition) is 3. The molecule has 0 aromatic heterocycles. The highest BCUT2D eigenvalue weighted by Crippen LogP contribution is 2.49. The Morgan fingerprint density at radius 1 is 1.50 bits per heavy atom. The standard InChI is InChI=1S/C6H13O5P/c1-5(7)11-4-6(2,3)12(8,9)10/h4H2,1-3H3,(H2,8,9,10). The van der Waals surface area contributed by atoms with Gasteiger partial charge in [-0.2, -0.15) is 0 Å². The number of ether oxygens (including phenoxy) is 1. The van der Waals surface area contributed by atoms with Gasteiger partial charge in [0, 0.05) is 6.92 Å². The summed E-state index contributed by atoms with van der Waals surface area (Å²) >= 11 is 0. The maximum atomic E-state index is 10.8. The van der Waals surface area contributed by atoms with E-state index in [-0.39, 0.29) is 6.61 Å². The minimum atomic E-state index is -4.20. The Bertz CT molecular complexity index is 216. The predicted octanol–water partition coefficient (Wildman–Crippen LogP) is 0.506. The summed E-state index contributed by atoms with van der Waals surface area (Å²) in [7, 11) is -4.20. The number of hydrogen-bond donors (Lipinski definition) is 2. The van der Waals surface area contributed by atoms with Gasteiger partial charge in [0.05, 0.1) is 0 Å². The molecule has 0 aromatic rings. The van der Waals surface area contributed by atoms with Gasteiger partial charge in [0.1, 0.15) is 11.8 Å². The topological polar surface area (TPSA) is 83.8 Å². The van der Waals surface area contributed by atoms with Gasteiger partial charge in [0.15, 0.2) is 0 Å². The molecule has 0 fully saturated rings. The lowest BCUT2D eigenvalue weighted by Crippen LogP contribution is -2.28. The van der Waals surface area contributed by atoms with Gasteiger partial charge in [0.2, 0.25) is 0 Å². The molecule has 5 nitrogen and oxygen atoms in total. The van der Waals surface area contributed by atoms with Crippen LogP contribution in [0.2, 0.25) is 0 Å². The normalized spacial score (nSPS) is 12.8. The molecule has 0 saturated heterocycles. The molecule has 0 bridgehead atoms. The van der Waals surface area contributed by atoms with E-state index in [9.17, 15) is 9.36 Å². The molecule has 0 aliphatic carbocycles. The first-order chi connectivity index (χ1) is 5.17. The van der Waals surface area contributed by atoms with Crippen LogP contribution in [-0.2, 0) is 14.1 Å². The van der Waals surface area contributed by atoms with Crippen molar-refractivity contribution < 1.29 is 23.9 Å². The highest BCUT2D eigenvalue weighted by Gasteiger charge is 2.38. The fraction of sp³-hybridized carbons (Fsp3) is 0.833. The van der Waals surface area contributed by atoms with Gasteiger partial charge < -0.3 is 14.5 Å². The third-order valence-corrected chi connectivity index (χ3v) is 3.12. The molecule has 0 saturated carbocycles. The van der Waals surface area contributed by atoms with Crippen molar-refractivity contribution in [3.05, 3.63) is 0 Å². The average Bonchev–Trinajstić information content (AvgIpc) is 1.81. The van der Waals surface area contributed by atoms with Gasteiger partial charge in [-0.15, -0.1) is 0 Å². The lowest BCUT2D eigenvalue weighted by molar-refractivity contribution is -0.141. The number of rotatable bonds is 3. The lowest BCUT2D eigenvalue weighted by Gasteiger charge is -2.24. The number of carbonyl (C=O) groups excluding carboxylic acids is 1. The van der Waals surface area contributed by atoms with Crippen LogP contribution in [0.3, 0.4) is 0 Å². The van der Waals surface area contributed by atoms with Crippen molar-refractivity contribution in [2.75, 3.05) is 6.61 Å². The molecule has 0 aliphatic rings. The van der Waals surface area contributed by atoms with Gasteiger partial charge in [-0.05, 0) is 13.8 Å². The van der Waals surface area contributed by atoms with Crippen LogP contribution in [0, 0.1) is 0 Å². The Labute approximate surface area is 70.9 Å². The molecule has 0 aliphatic heterocycles. The zero-order valence-electron chi connectivity index (χ0n) is 7.27. The first-order valence-electron chi connectivity index (χ1n) is 3.36. The lowest BCUT2D eigenvalue weighted by atomic mass is 10.2. The van der Waals surface area contributed by atoms with Gasteiger partial charge in [-0.25, -0.2) is 0 Å². The molecule has 0 radical (unpaired) electrons. The van der Waals surface area contributed by atoms with Crippen LogP contribution in [0.5, 0.6) is 0 Å². The van der Waals surface area contributed by atoms with Crippen LogP contribution in [-0.4, -0.2) is 27.5 Å². The van der Waals surface area contributed by atoms with Crippen molar-refractivity contribution in [3.8, 4) is 0 Å². The summed E-state index contributed by atoms with van der Waals surface area (Å²) in [5, 5.41) is -1.31. The van der Waals surface area contributed by atoms with Gasteiger partial charge in [0.25, 0.3) is 0 Å². The van der Waals surface area contributed by atoms with Crippen molar-refractivity contribution in [2.45, 2.75) is 25.9 Å². The van der Waals surface area contributed by atoms with E-state index in [0.29, 0.717) is 0 Å². The fourth-order valence-electron chi connectivity index (χ4n) is 0.362. The molecule has 0 spiro atoms. The number of carbonyl (C=O) groups is 1. The van der Waals surface area contributed by atoms with Crippen LogP contribution in [0.4, 0.5) is 0 Å². The second-order valence-corrected chi connectivity index (χ2v) is 5.44. The summed E-state index contributed by atoms with van der Waals surface area (Å²) in [5.74, 6) is -0.545. The number of esters is 1. The average molecular weight is 196 g/mol. The highest BCUT2D eigenvalue weighted by atomic mass is 31.2. The van der Waals surface area contributed by atoms with E-state index in [1.165, 1.54) is 20.8 Å². The Morgan fingerprint density at radius 2 is 1.92 bits per heavy atom. The molecule has 0 rings (SSSR count). The van der Waals surface area contributed by atoms with Crippen molar-refractivity contribution >= 4 is 13.6 Å². The highest BCUT2D eigenvalue weighted by molar-refractivity contribution is 7.53. The molecular weight excluding hydrogens is 183 g/mol. The van der Waals surface area contributed by atoms with E-state index in [4.69, 9.17) is 9.79 Å². The molecule has 72 valence electrons.